The average molecular weight is 867 g/mol. The molecule has 4 aromatic rings. The summed E-state index contributed by atoms with van der Waals surface area (Å²) in [5.74, 6) is 5.34. The van der Waals surface area contributed by atoms with Crippen molar-refractivity contribution < 1.29 is 47.5 Å². The first-order valence-electron chi connectivity index (χ1n) is 21.6. The van der Waals surface area contributed by atoms with Crippen LogP contribution in [-0.4, -0.2) is 141 Å². The molecule has 0 N–H and O–H groups in total. The van der Waals surface area contributed by atoms with Gasteiger partial charge < -0.3 is 47.7 Å². The van der Waals surface area contributed by atoms with Crippen LogP contribution in [-0.2, 0) is 35.3 Å². The highest BCUT2D eigenvalue weighted by Gasteiger charge is 2.36. The zero-order valence-corrected chi connectivity index (χ0v) is 38.0. The number of methoxy groups -OCH3 is 8. The van der Waals surface area contributed by atoms with Gasteiger partial charge in [-0.1, -0.05) is 12.1 Å². The molecule has 1 saturated heterocycles. The third kappa shape index (κ3) is 9.87. The molecule has 2 amide bonds. The lowest BCUT2D eigenvalue weighted by atomic mass is 9.88. The van der Waals surface area contributed by atoms with E-state index in [9.17, 15) is 9.59 Å². The maximum absolute atomic E-state index is 14.5. The van der Waals surface area contributed by atoms with Crippen LogP contribution in [0.5, 0.6) is 46.0 Å². The fraction of sp³-hybridized carbons (Fsp3) is 0.469. The van der Waals surface area contributed by atoms with Crippen molar-refractivity contribution in [3.63, 3.8) is 0 Å². The van der Waals surface area contributed by atoms with Crippen LogP contribution in [0, 0.1) is 0 Å². The summed E-state index contributed by atoms with van der Waals surface area (Å²) in [6.45, 7) is 4.59. The Kier molecular flexibility index (Phi) is 14.7. The molecule has 0 aliphatic carbocycles. The molecule has 63 heavy (non-hydrogen) atoms. The maximum Gasteiger partial charge on any atom is 0.237 e. The highest BCUT2D eigenvalue weighted by atomic mass is 16.5. The van der Waals surface area contributed by atoms with Gasteiger partial charge >= 0.3 is 0 Å². The topological polar surface area (TPSA) is 121 Å². The maximum atomic E-state index is 14.5. The van der Waals surface area contributed by atoms with Crippen molar-refractivity contribution in [2.45, 2.75) is 44.2 Å². The Morgan fingerprint density at radius 3 is 1.16 bits per heavy atom. The first-order valence-corrected chi connectivity index (χ1v) is 21.6. The van der Waals surface area contributed by atoms with Gasteiger partial charge in [-0.05, 0) is 127 Å². The molecule has 1 fully saturated rings. The Labute approximate surface area is 371 Å². The summed E-state index contributed by atoms with van der Waals surface area (Å²) in [5.41, 5.74) is 6.42. The Balaban J connectivity index is 1.06. The normalized spacial score (nSPS) is 17.8. The highest BCUT2D eigenvalue weighted by Crippen LogP contribution is 2.42. The van der Waals surface area contributed by atoms with Crippen molar-refractivity contribution in [1.29, 1.82) is 0 Å². The van der Waals surface area contributed by atoms with Crippen molar-refractivity contribution in [2.75, 3.05) is 109 Å². The summed E-state index contributed by atoms with van der Waals surface area (Å²) in [7, 11) is 13.1. The molecule has 338 valence electrons. The number of hydrogen-bond donors (Lipinski definition) is 0. The number of amides is 2. The predicted octanol–water partition coefficient (Wildman–Crippen LogP) is 5.80. The van der Waals surface area contributed by atoms with Gasteiger partial charge in [0, 0.05) is 26.2 Å². The molecule has 7 rings (SSSR count). The van der Waals surface area contributed by atoms with E-state index in [0.717, 1.165) is 52.9 Å². The summed E-state index contributed by atoms with van der Waals surface area (Å²) in [4.78, 5) is 37.5. The van der Waals surface area contributed by atoms with Crippen LogP contribution in [0.2, 0.25) is 0 Å². The van der Waals surface area contributed by atoms with Gasteiger partial charge in [0.1, 0.15) is 0 Å². The number of nitrogens with zero attached hydrogens (tertiary/aromatic N) is 4. The number of ether oxygens (including phenoxy) is 8. The lowest BCUT2D eigenvalue weighted by Gasteiger charge is -2.39. The predicted molar refractivity (Wildman–Crippen MR) is 239 cm³/mol. The lowest BCUT2D eigenvalue weighted by molar-refractivity contribution is -0.136. The largest absolute Gasteiger partial charge is 0.493 e. The van der Waals surface area contributed by atoms with E-state index in [0.29, 0.717) is 97.9 Å². The molecule has 4 aromatic carbocycles. The summed E-state index contributed by atoms with van der Waals surface area (Å²) < 4.78 is 45.1. The van der Waals surface area contributed by atoms with Crippen molar-refractivity contribution >= 4 is 11.8 Å². The first kappa shape index (κ1) is 45.2. The molecule has 0 spiro atoms. The Bertz CT molecular complexity index is 2100. The van der Waals surface area contributed by atoms with Gasteiger partial charge in [0.05, 0.1) is 82.1 Å². The van der Waals surface area contributed by atoms with Crippen LogP contribution >= 0.6 is 0 Å². The van der Waals surface area contributed by atoms with E-state index in [1.54, 1.807) is 56.9 Å². The number of carbonyl (C=O) groups excluding carboxylic acids is 2. The SMILES string of the molecule is COc1ccc(CC2c3cc(OC)c(OC)cc3CCN2C(=O)CN2CCCN(CC(=O)N3CCc4cc(OC)c(OC)cc4C3Cc3ccc(OC)c(OC)c3)CC2)cc1OC. The van der Waals surface area contributed by atoms with E-state index >= 15 is 0 Å². The molecule has 3 heterocycles. The van der Waals surface area contributed by atoms with Gasteiger partial charge in [-0.3, -0.25) is 19.4 Å². The molecule has 2 unspecified atom stereocenters. The molecular weight excluding hydrogens is 805 g/mol. The molecule has 3 aliphatic rings. The smallest absolute Gasteiger partial charge is 0.237 e. The van der Waals surface area contributed by atoms with E-state index in [2.05, 4.69) is 9.80 Å². The fourth-order valence-electron chi connectivity index (χ4n) is 9.46. The van der Waals surface area contributed by atoms with E-state index in [1.165, 1.54) is 0 Å². The first-order chi connectivity index (χ1) is 30.6. The van der Waals surface area contributed by atoms with Gasteiger partial charge in [0.15, 0.2) is 46.0 Å². The quantitative estimate of drug-likeness (QED) is 0.135. The summed E-state index contributed by atoms with van der Waals surface area (Å²) >= 11 is 0. The number of rotatable bonds is 16. The van der Waals surface area contributed by atoms with E-state index < -0.39 is 0 Å². The van der Waals surface area contributed by atoms with Crippen LogP contribution in [0.4, 0.5) is 0 Å². The van der Waals surface area contributed by atoms with Crippen molar-refractivity contribution in [2.24, 2.45) is 0 Å². The number of hydrogen-bond acceptors (Lipinski definition) is 12. The molecule has 3 aliphatic heterocycles. The fourth-order valence-corrected chi connectivity index (χ4v) is 9.46. The van der Waals surface area contributed by atoms with E-state index in [-0.39, 0.29) is 37.0 Å². The van der Waals surface area contributed by atoms with E-state index in [4.69, 9.17) is 37.9 Å². The monoisotopic (exact) mass is 866 g/mol. The minimum atomic E-state index is -0.233. The molecule has 14 nitrogen and oxygen atoms in total. The second-order valence-corrected chi connectivity index (χ2v) is 16.2. The molecule has 0 bridgehead atoms. The third-order valence-corrected chi connectivity index (χ3v) is 12.8. The highest BCUT2D eigenvalue weighted by molar-refractivity contribution is 5.80. The summed E-state index contributed by atoms with van der Waals surface area (Å²) in [6.07, 6.45) is 3.41. The van der Waals surface area contributed by atoms with Crippen molar-refractivity contribution in [3.8, 4) is 46.0 Å². The zero-order chi connectivity index (χ0) is 44.6. The molecule has 2 atom stereocenters. The van der Waals surface area contributed by atoms with E-state index in [1.807, 2.05) is 70.5 Å². The Morgan fingerprint density at radius 1 is 0.444 bits per heavy atom. The second kappa shape index (κ2) is 20.5. The van der Waals surface area contributed by atoms with Crippen molar-refractivity contribution in [1.82, 2.24) is 19.6 Å². The molecule has 0 saturated carbocycles. The standard InChI is InChI=1S/C49H62N4O10/c1-56-40-12-10-32(24-42(40)58-3)22-38-36-28-46(62-7)44(60-5)26-34(36)14-18-52(38)48(54)30-50-16-9-17-51(21-20-50)31-49(55)53-19-15-35-27-45(61-6)47(63-8)29-37(35)39(53)23-33-11-13-41(57-2)43(25-33)59-4/h10-13,24-29,38-39H,9,14-23,30-31H2,1-8H3. The van der Waals surface area contributed by atoms with Gasteiger partial charge in [0.25, 0.3) is 0 Å². The summed E-state index contributed by atoms with van der Waals surface area (Å²) in [5, 5.41) is 0. The number of fused-ring (bicyclic) bond motifs is 2. The Morgan fingerprint density at radius 2 is 0.794 bits per heavy atom. The van der Waals surface area contributed by atoms with Crippen LogP contribution < -0.4 is 37.9 Å². The zero-order valence-electron chi connectivity index (χ0n) is 38.0. The molecule has 0 aromatic heterocycles. The van der Waals surface area contributed by atoms with Crippen LogP contribution in [0.15, 0.2) is 60.7 Å². The third-order valence-electron chi connectivity index (χ3n) is 12.8. The van der Waals surface area contributed by atoms with Gasteiger partial charge in [-0.2, -0.15) is 0 Å². The molecule has 14 heteroatoms. The average Bonchev–Trinajstić information content (AvgIpc) is 3.54. The summed E-state index contributed by atoms with van der Waals surface area (Å²) in [6, 6.07) is 19.5. The van der Waals surface area contributed by atoms with Crippen LogP contribution in [0.1, 0.15) is 51.9 Å². The lowest BCUT2D eigenvalue weighted by Crippen LogP contribution is -2.47. The minimum Gasteiger partial charge on any atom is -0.493 e. The Hall–Kier alpha value is -5.86. The van der Waals surface area contributed by atoms with Gasteiger partial charge in [-0.15, -0.1) is 0 Å². The number of benzene rings is 4. The van der Waals surface area contributed by atoms with Crippen LogP contribution in [0.3, 0.4) is 0 Å². The molecular formula is C49H62N4O10. The van der Waals surface area contributed by atoms with Crippen LogP contribution in [0.25, 0.3) is 0 Å². The van der Waals surface area contributed by atoms with Gasteiger partial charge in [0.2, 0.25) is 11.8 Å². The second-order valence-electron chi connectivity index (χ2n) is 16.2. The minimum absolute atomic E-state index is 0.0717. The van der Waals surface area contributed by atoms with Gasteiger partial charge in [-0.25, -0.2) is 0 Å². The number of carbonyl (C=O) groups is 2. The van der Waals surface area contributed by atoms with Crippen molar-refractivity contribution in [3.05, 3.63) is 94.0 Å². The molecule has 0 radical (unpaired) electrons.